The number of benzene rings is 1. The number of rotatable bonds is 4. The fourth-order valence-electron chi connectivity index (χ4n) is 2.90. The average Bonchev–Trinajstić information content (AvgIpc) is 3.31. The number of aromatic nitrogens is 3. The third-order valence-corrected chi connectivity index (χ3v) is 4.28. The third-order valence-electron chi connectivity index (χ3n) is 4.28. The number of hydrogen-bond acceptors (Lipinski definition) is 4. The van der Waals surface area contributed by atoms with E-state index in [2.05, 4.69) is 10.4 Å². The van der Waals surface area contributed by atoms with Crippen molar-refractivity contribution in [2.75, 3.05) is 7.11 Å². The normalized spacial score (nSPS) is 14.2. The van der Waals surface area contributed by atoms with Gasteiger partial charge in [-0.3, -0.25) is 4.79 Å². The van der Waals surface area contributed by atoms with Crippen LogP contribution >= 0.6 is 0 Å². The summed E-state index contributed by atoms with van der Waals surface area (Å²) in [5, 5.41) is 8.12. The van der Waals surface area contributed by atoms with Gasteiger partial charge >= 0.3 is 5.69 Å². The van der Waals surface area contributed by atoms with Gasteiger partial charge in [0.25, 0.3) is 0 Å². The van der Waals surface area contributed by atoms with Crippen molar-refractivity contribution < 1.29 is 9.53 Å². The largest absolute Gasteiger partial charge is 0.497 e. The lowest BCUT2D eigenvalue weighted by Crippen LogP contribution is -2.33. The Balaban J connectivity index is 1.84. The van der Waals surface area contributed by atoms with Crippen molar-refractivity contribution in [1.29, 1.82) is 0 Å². The number of aryl methyl sites for hydroxylation is 1. The molecule has 1 fully saturated rings. The molecule has 24 heavy (non-hydrogen) atoms. The van der Waals surface area contributed by atoms with Crippen molar-refractivity contribution in [3.63, 3.8) is 0 Å². The van der Waals surface area contributed by atoms with E-state index in [0.29, 0.717) is 5.65 Å². The maximum Gasteiger partial charge on any atom is 0.351 e. The molecular formula is C17H18N4O3. The Morgan fingerprint density at radius 2 is 2.17 bits per heavy atom. The number of hydrogen-bond donors (Lipinski definition) is 1. The summed E-state index contributed by atoms with van der Waals surface area (Å²) in [5.74, 6) is 0.553. The molecule has 0 saturated heterocycles. The second-order valence-corrected chi connectivity index (χ2v) is 6.19. The average molecular weight is 326 g/mol. The Kier molecular flexibility index (Phi) is 3.30. The van der Waals surface area contributed by atoms with Gasteiger partial charge in [0.15, 0.2) is 5.65 Å². The molecule has 1 aliphatic carbocycles. The molecular weight excluding hydrogens is 308 g/mol. The molecule has 4 rings (SSSR count). The molecule has 0 spiro atoms. The zero-order chi connectivity index (χ0) is 16.8. The van der Waals surface area contributed by atoms with E-state index in [1.54, 1.807) is 17.6 Å². The molecule has 7 nitrogen and oxygen atoms in total. The van der Waals surface area contributed by atoms with Gasteiger partial charge in [0.2, 0.25) is 5.91 Å². The summed E-state index contributed by atoms with van der Waals surface area (Å²) in [4.78, 5) is 24.7. The van der Waals surface area contributed by atoms with Crippen LogP contribution in [0.15, 0.2) is 29.1 Å². The van der Waals surface area contributed by atoms with Crippen LogP contribution in [0.1, 0.15) is 18.4 Å². The van der Waals surface area contributed by atoms with Crippen LogP contribution in [0.2, 0.25) is 0 Å². The van der Waals surface area contributed by atoms with Crippen LogP contribution in [0, 0.1) is 6.92 Å². The van der Waals surface area contributed by atoms with E-state index < -0.39 is 0 Å². The smallest absolute Gasteiger partial charge is 0.351 e. The molecule has 0 atom stereocenters. The minimum atomic E-state index is -0.310. The van der Waals surface area contributed by atoms with E-state index in [9.17, 15) is 9.59 Å². The molecule has 1 N–H and O–H groups in total. The topological polar surface area (TPSA) is 77.6 Å². The van der Waals surface area contributed by atoms with Crippen LogP contribution in [0.5, 0.6) is 5.75 Å². The predicted molar refractivity (Wildman–Crippen MR) is 89.4 cm³/mol. The van der Waals surface area contributed by atoms with Crippen molar-refractivity contribution in [2.45, 2.75) is 32.4 Å². The molecule has 1 saturated carbocycles. The Bertz CT molecular complexity index is 1010. The molecule has 1 amide bonds. The first-order chi connectivity index (χ1) is 11.6. The molecule has 1 aromatic carbocycles. The second kappa shape index (κ2) is 5.36. The molecule has 124 valence electrons. The summed E-state index contributed by atoms with van der Waals surface area (Å²) < 4.78 is 8.02. The van der Waals surface area contributed by atoms with Crippen LogP contribution in [0.3, 0.4) is 0 Å². The van der Waals surface area contributed by atoms with Crippen molar-refractivity contribution >= 4 is 22.5 Å². The van der Waals surface area contributed by atoms with E-state index in [1.807, 2.05) is 25.1 Å². The Morgan fingerprint density at radius 1 is 1.38 bits per heavy atom. The highest BCUT2D eigenvalue weighted by Crippen LogP contribution is 2.23. The number of carbonyl (C=O) groups is 1. The lowest BCUT2D eigenvalue weighted by Gasteiger charge is -2.05. The van der Waals surface area contributed by atoms with Gasteiger partial charge < -0.3 is 10.1 Å². The summed E-state index contributed by atoms with van der Waals surface area (Å²) in [6.07, 6.45) is 2.02. The van der Waals surface area contributed by atoms with Crippen LogP contribution in [0.25, 0.3) is 16.6 Å². The number of ether oxygens (including phenoxy) is 1. The van der Waals surface area contributed by atoms with Gasteiger partial charge in [-0.25, -0.2) is 13.9 Å². The van der Waals surface area contributed by atoms with E-state index in [1.165, 1.54) is 4.68 Å². The summed E-state index contributed by atoms with van der Waals surface area (Å²) in [7, 11) is 1.61. The highest BCUT2D eigenvalue weighted by Gasteiger charge is 2.24. The van der Waals surface area contributed by atoms with Crippen LogP contribution < -0.4 is 15.7 Å². The quantitative estimate of drug-likeness (QED) is 0.782. The molecule has 0 radical (unpaired) electrons. The Morgan fingerprint density at radius 3 is 2.88 bits per heavy atom. The molecule has 0 unspecified atom stereocenters. The molecule has 2 aromatic heterocycles. The first-order valence-electron chi connectivity index (χ1n) is 7.93. The fourth-order valence-corrected chi connectivity index (χ4v) is 2.90. The number of carbonyl (C=O) groups excluding carboxylic acids is 1. The Labute approximate surface area is 137 Å². The highest BCUT2D eigenvalue weighted by atomic mass is 16.5. The maximum atomic E-state index is 12.7. The molecule has 0 aliphatic heterocycles. The number of amides is 1. The van der Waals surface area contributed by atoms with Gasteiger partial charge in [0.05, 0.1) is 12.6 Å². The van der Waals surface area contributed by atoms with Crippen molar-refractivity contribution in [3.8, 4) is 5.75 Å². The third kappa shape index (κ3) is 2.42. The Hall–Kier alpha value is -2.83. The van der Waals surface area contributed by atoms with E-state index in [4.69, 9.17) is 4.74 Å². The molecule has 7 heteroatoms. The van der Waals surface area contributed by atoms with Crippen molar-refractivity contribution in [3.05, 3.63) is 40.3 Å². The lowest BCUT2D eigenvalue weighted by molar-refractivity contribution is -0.122. The summed E-state index contributed by atoms with van der Waals surface area (Å²) in [5.41, 5.74) is 1.87. The monoisotopic (exact) mass is 326 g/mol. The van der Waals surface area contributed by atoms with Gasteiger partial charge in [0, 0.05) is 11.4 Å². The fraction of sp³-hybridized carbons (Fsp3) is 0.353. The number of pyridine rings is 1. The lowest BCUT2D eigenvalue weighted by atomic mass is 10.1. The number of fused-ring (bicyclic) bond motifs is 3. The van der Waals surface area contributed by atoms with E-state index in [-0.39, 0.29) is 24.2 Å². The molecule has 3 aromatic rings. The van der Waals surface area contributed by atoms with Crippen LogP contribution in [-0.4, -0.2) is 33.2 Å². The standard InChI is InChI=1S/C17H18N4O3/c1-10-7-11-8-13(24-2)5-6-14(11)21-16(10)19-20(17(21)23)9-15(22)18-12-3-4-12/h5-8,12H,3-4,9H2,1-2H3,(H,18,22). The number of nitrogens with zero attached hydrogens (tertiary/aromatic N) is 3. The minimum absolute atomic E-state index is 0.0614. The first kappa shape index (κ1) is 14.7. The summed E-state index contributed by atoms with van der Waals surface area (Å²) in [6.45, 7) is 1.84. The SMILES string of the molecule is COc1ccc2c(c1)cc(C)c1nn(CC(=O)NC3CC3)c(=O)n12. The van der Waals surface area contributed by atoms with Gasteiger partial charge in [0.1, 0.15) is 12.3 Å². The second-order valence-electron chi connectivity index (χ2n) is 6.19. The van der Waals surface area contributed by atoms with Gasteiger partial charge in [-0.15, -0.1) is 5.10 Å². The van der Waals surface area contributed by atoms with Gasteiger partial charge in [-0.05, 0) is 49.6 Å². The van der Waals surface area contributed by atoms with Gasteiger partial charge in [-0.2, -0.15) is 0 Å². The van der Waals surface area contributed by atoms with Crippen LogP contribution in [-0.2, 0) is 11.3 Å². The predicted octanol–water partition coefficient (Wildman–Crippen LogP) is 1.24. The zero-order valence-corrected chi connectivity index (χ0v) is 13.6. The van der Waals surface area contributed by atoms with Crippen molar-refractivity contribution in [2.24, 2.45) is 0 Å². The van der Waals surface area contributed by atoms with Gasteiger partial charge in [-0.1, -0.05) is 0 Å². The minimum Gasteiger partial charge on any atom is -0.497 e. The maximum absolute atomic E-state index is 12.7. The van der Waals surface area contributed by atoms with E-state index in [0.717, 1.165) is 35.1 Å². The number of nitrogens with one attached hydrogen (secondary N) is 1. The first-order valence-corrected chi connectivity index (χ1v) is 7.93. The summed E-state index contributed by atoms with van der Waals surface area (Å²) in [6, 6.07) is 7.75. The zero-order valence-electron chi connectivity index (χ0n) is 13.6. The van der Waals surface area contributed by atoms with Crippen molar-refractivity contribution in [1.82, 2.24) is 19.5 Å². The molecule has 1 aliphatic rings. The number of methoxy groups -OCH3 is 1. The molecule has 2 heterocycles. The molecule has 0 bridgehead atoms. The van der Waals surface area contributed by atoms with Crippen LogP contribution in [0.4, 0.5) is 0 Å². The highest BCUT2D eigenvalue weighted by molar-refractivity contribution is 5.84. The van der Waals surface area contributed by atoms with E-state index >= 15 is 0 Å². The summed E-state index contributed by atoms with van der Waals surface area (Å²) >= 11 is 0.